The molecule has 0 saturated carbocycles. The van der Waals surface area contributed by atoms with Crippen molar-refractivity contribution in [3.63, 3.8) is 0 Å². The van der Waals surface area contributed by atoms with Crippen LogP contribution < -0.4 is 5.32 Å². The van der Waals surface area contributed by atoms with Crippen LogP contribution in [-0.2, 0) is 0 Å². The minimum atomic E-state index is -0.261. The third-order valence-corrected chi connectivity index (χ3v) is 3.70. The van der Waals surface area contributed by atoms with Crippen LogP contribution in [0.25, 0.3) is 0 Å². The Hall–Kier alpha value is -1.13. The van der Waals surface area contributed by atoms with Crippen molar-refractivity contribution in [1.82, 2.24) is 10.2 Å². The number of carbonyl (C=O) groups excluding carboxylic acids is 1. The second-order valence-corrected chi connectivity index (χ2v) is 5.28. The Bertz CT molecular complexity index is 465. The van der Waals surface area contributed by atoms with Gasteiger partial charge in [-0.1, -0.05) is 0 Å². The van der Waals surface area contributed by atoms with Gasteiger partial charge in [0.15, 0.2) is 0 Å². The first-order valence-electron chi connectivity index (χ1n) is 6.82. The number of benzene rings is 1. The Morgan fingerprint density at radius 2 is 2.25 bits per heavy atom. The molecule has 5 heteroatoms. The van der Waals surface area contributed by atoms with Gasteiger partial charge in [-0.2, -0.15) is 0 Å². The topological polar surface area (TPSA) is 32.3 Å². The molecule has 0 radical (unpaired) electrons. The first kappa shape index (κ1) is 16.9. The maximum atomic E-state index is 13.2. The molecular formula is C15H22ClFN2O. The van der Waals surface area contributed by atoms with Crippen molar-refractivity contribution in [2.24, 2.45) is 5.92 Å². The Balaban J connectivity index is 0.00000200. The van der Waals surface area contributed by atoms with Crippen LogP contribution >= 0.6 is 12.4 Å². The summed E-state index contributed by atoms with van der Waals surface area (Å²) in [6.07, 6.45) is 2.20. The largest absolute Gasteiger partial charge is 0.338 e. The van der Waals surface area contributed by atoms with E-state index in [0.717, 1.165) is 32.5 Å². The van der Waals surface area contributed by atoms with Crippen LogP contribution in [0.5, 0.6) is 0 Å². The summed E-state index contributed by atoms with van der Waals surface area (Å²) in [5.74, 6) is 0.274. The summed E-state index contributed by atoms with van der Waals surface area (Å²) in [7, 11) is 1.93. The summed E-state index contributed by atoms with van der Waals surface area (Å²) in [5, 5.41) is 3.17. The highest BCUT2D eigenvalue weighted by Crippen LogP contribution is 2.19. The molecule has 1 amide bonds. The highest BCUT2D eigenvalue weighted by Gasteiger charge is 2.24. The van der Waals surface area contributed by atoms with E-state index in [9.17, 15) is 9.18 Å². The van der Waals surface area contributed by atoms with Crippen LogP contribution in [0.4, 0.5) is 4.39 Å². The van der Waals surface area contributed by atoms with Crippen molar-refractivity contribution >= 4 is 18.3 Å². The first-order valence-corrected chi connectivity index (χ1v) is 6.82. The molecule has 2 rings (SSSR count). The quantitative estimate of drug-likeness (QED) is 0.931. The van der Waals surface area contributed by atoms with Crippen molar-refractivity contribution in [3.8, 4) is 0 Å². The van der Waals surface area contributed by atoms with Gasteiger partial charge in [-0.05, 0) is 63.0 Å². The third-order valence-electron chi connectivity index (χ3n) is 3.70. The number of likely N-dealkylation sites (tertiary alicyclic amines) is 1. The van der Waals surface area contributed by atoms with Crippen LogP contribution in [0.2, 0.25) is 0 Å². The van der Waals surface area contributed by atoms with E-state index in [1.54, 1.807) is 19.1 Å². The van der Waals surface area contributed by atoms with Gasteiger partial charge in [-0.15, -0.1) is 12.4 Å². The molecule has 1 aliphatic heterocycles. The van der Waals surface area contributed by atoms with E-state index in [0.29, 0.717) is 17.0 Å². The number of halogens is 2. The highest BCUT2D eigenvalue weighted by molar-refractivity contribution is 5.94. The summed E-state index contributed by atoms with van der Waals surface area (Å²) in [4.78, 5) is 14.3. The van der Waals surface area contributed by atoms with E-state index in [-0.39, 0.29) is 24.1 Å². The SMILES string of the molecule is CNCC1CCCN(C(=O)c2ccc(F)c(C)c2)C1.Cl. The number of amides is 1. The monoisotopic (exact) mass is 300 g/mol. The fourth-order valence-electron chi connectivity index (χ4n) is 2.67. The average Bonchev–Trinajstić information content (AvgIpc) is 2.42. The molecule has 1 aliphatic rings. The normalized spacial score (nSPS) is 18.6. The Labute approximate surface area is 125 Å². The summed E-state index contributed by atoms with van der Waals surface area (Å²) >= 11 is 0. The van der Waals surface area contributed by atoms with Gasteiger partial charge in [-0.3, -0.25) is 4.79 Å². The molecule has 1 saturated heterocycles. The summed E-state index contributed by atoms with van der Waals surface area (Å²) in [5.41, 5.74) is 1.11. The fourth-order valence-corrected chi connectivity index (χ4v) is 2.67. The molecule has 0 spiro atoms. The lowest BCUT2D eigenvalue weighted by Gasteiger charge is -2.32. The molecule has 1 heterocycles. The Morgan fingerprint density at radius 3 is 2.90 bits per heavy atom. The molecule has 1 atom stereocenters. The van der Waals surface area contributed by atoms with E-state index in [4.69, 9.17) is 0 Å². The number of carbonyl (C=O) groups is 1. The Kier molecular flexibility index (Phi) is 6.43. The smallest absolute Gasteiger partial charge is 0.253 e. The second-order valence-electron chi connectivity index (χ2n) is 5.28. The van der Waals surface area contributed by atoms with Gasteiger partial charge < -0.3 is 10.2 Å². The number of hydrogen-bond donors (Lipinski definition) is 1. The molecular weight excluding hydrogens is 279 g/mol. The molecule has 1 aromatic carbocycles. The van der Waals surface area contributed by atoms with Gasteiger partial charge in [0.05, 0.1) is 0 Å². The van der Waals surface area contributed by atoms with Crippen molar-refractivity contribution < 1.29 is 9.18 Å². The molecule has 1 aromatic rings. The van der Waals surface area contributed by atoms with E-state index in [2.05, 4.69) is 5.32 Å². The van der Waals surface area contributed by atoms with Crippen molar-refractivity contribution in [3.05, 3.63) is 35.1 Å². The summed E-state index contributed by atoms with van der Waals surface area (Å²) in [6.45, 7) is 4.21. The van der Waals surface area contributed by atoms with Crippen LogP contribution in [0.15, 0.2) is 18.2 Å². The van der Waals surface area contributed by atoms with Crippen LogP contribution in [0.1, 0.15) is 28.8 Å². The predicted octanol–water partition coefficient (Wildman–Crippen LogP) is 2.63. The van der Waals surface area contributed by atoms with Gasteiger partial charge in [0, 0.05) is 18.7 Å². The van der Waals surface area contributed by atoms with Crippen LogP contribution in [0, 0.1) is 18.7 Å². The average molecular weight is 301 g/mol. The van der Waals surface area contributed by atoms with Crippen LogP contribution in [0.3, 0.4) is 0 Å². The number of nitrogens with one attached hydrogen (secondary N) is 1. The number of hydrogen-bond acceptors (Lipinski definition) is 2. The maximum absolute atomic E-state index is 13.2. The zero-order chi connectivity index (χ0) is 13.8. The van der Waals surface area contributed by atoms with Crippen LogP contribution in [-0.4, -0.2) is 37.5 Å². The minimum Gasteiger partial charge on any atom is -0.338 e. The first-order chi connectivity index (χ1) is 9.11. The van der Waals surface area contributed by atoms with Gasteiger partial charge in [0.2, 0.25) is 0 Å². The molecule has 1 N–H and O–H groups in total. The number of piperidine rings is 1. The van der Waals surface area contributed by atoms with E-state index >= 15 is 0 Å². The standard InChI is InChI=1S/C15H21FN2O.ClH/c1-11-8-13(5-6-14(11)16)15(19)18-7-3-4-12(10-18)9-17-2;/h5-6,8,12,17H,3-4,7,9-10H2,1-2H3;1H. The lowest BCUT2D eigenvalue weighted by Crippen LogP contribution is -2.42. The van der Waals surface area contributed by atoms with E-state index in [1.807, 2.05) is 11.9 Å². The number of rotatable bonds is 3. The molecule has 1 fully saturated rings. The predicted molar refractivity (Wildman–Crippen MR) is 80.9 cm³/mol. The molecule has 0 bridgehead atoms. The van der Waals surface area contributed by atoms with Gasteiger partial charge in [0.1, 0.15) is 5.82 Å². The van der Waals surface area contributed by atoms with Crippen molar-refractivity contribution in [2.75, 3.05) is 26.7 Å². The van der Waals surface area contributed by atoms with Gasteiger partial charge in [-0.25, -0.2) is 4.39 Å². The summed E-state index contributed by atoms with van der Waals surface area (Å²) in [6, 6.07) is 4.59. The van der Waals surface area contributed by atoms with E-state index in [1.165, 1.54) is 6.07 Å². The van der Waals surface area contributed by atoms with Crippen molar-refractivity contribution in [1.29, 1.82) is 0 Å². The van der Waals surface area contributed by atoms with Crippen molar-refractivity contribution in [2.45, 2.75) is 19.8 Å². The molecule has 112 valence electrons. The molecule has 3 nitrogen and oxygen atoms in total. The summed E-state index contributed by atoms with van der Waals surface area (Å²) < 4.78 is 13.2. The Morgan fingerprint density at radius 1 is 1.50 bits per heavy atom. The van der Waals surface area contributed by atoms with Gasteiger partial charge in [0.25, 0.3) is 5.91 Å². The molecule has 20 heavy (non-hydrogen) atoms. The molecule has 1 unspecified atom stereocenters. The number of nitrogens with zero attached hydrogens (tertiary/aromatic N) is 1. The zero-order valence-electron chi connectivity index (χ0n) is 12.0. The number of aryl methyl sites for hydroxylation is 1. The lowest BCUT2D eigenvalue weighted by molar-refractivity contribution is 0.0674. The molecule has 0 aromatic heterocycles. The van der Waals surface area contributed by atoms with Gasteiger partial charge >= 0.3 is 0 Å². The van der Waals surface area contributed by atoms with E-state index < -0.39 is 0 Å². The zero-order valence-corrected chi connectivity index (χ0v) is 12.8. The third kappa shape index (κ3) is 3.93. The second kappa shape index (κ2) is 7.60. The minimum absolute atomic E-state index is 0. The lowest BCUT2D eigenvalue weighted by atomic mass is 9.97. The highest BCUT2D eigenvalue weighted by atomic mass is 35.5. The molecule has 0 aliphatic carbocycles. The fraction of sp³-hybridized carbons (Fsp3) is 0.533. The maximum Gasteiger partial charge on any atom is 0.253 e.